The number of carbonyl (C=O) groups excluding carboxylic acids is 1. The van der Waals surface area contributed by atoms with Gasteiger partial charge in [0.15, 0.2) is 23.1 Å². The summed E-state index contributed by atoms with van der Waals surface area (Å²) in [7, 11) is 0. The summed E-state index contributed by atoms with van der Waals surface area (Å²) in [5, 5.41) is 0. The maximum atomic E-state index is 13.3. The Bertz CT molecular complexity index is 835. The van der Waals surface area contributed by atoms with Gasteiger partial charge in [-0.15, -0.1) is 0 Å². The van der Waals surface area contributed by atoms with Crippen LogP contribution in [0, 0.1) is 17.5 Å². The predicted octanol–water partition coefficient (Wildman–Crippen LogP) is 0.662. The highest BCUT2D eigenvalue weighted by molar-refractivity contribution is 6.07. The quantitative estimate of drug-likeness (QED) is 0.331. The normalized spacial score (nSPS) is 12.3. The van der Waals surface area contributed by atoms with E-state index in [9.17, 15) is 18.0 Å². The van der Waals surface area contributed by atoms with Gasteiger partial charge in [-0.05, 0) is 25.1 Å². The van der Waals surface area contributed by atoms with E-state index in [1.165, 1.54) is 24.3 Å². The van der Waals surface area contributed by atoms with Crippen LogP contribution in [0.5, 0.6) is 0 Å². The molecular formula is C16H14F3N4O+. The minimum Gasteiger partial charge on any atom is -0.402 e. The first-order valence-electron chi connectivity index (χ1n) is 6.77. The molecule has 2 aromatic rings. The van der Waals surface area contributed by atoms with Crippen molar-refractivity contribution in [3.05, 3.63) is 70.8 Å². The molecular weight excluding hydrogens is 321 g/mol. The van der Waals surface area contributed by atoms with Crippen molar-refractivity contribution in [1.29, 1.82) is 0 Å². The van der Waals surface area contributed by atoms with Crippen LogP contribution in [0.2, 0.25) is 0 Å². The first kappa shape index (κ1) is 17.2. The van der Waals surface area contributed by atoms with E-state index in [2.05, 4.69) is 9.98 Å². The summed E-state index contributed by atoms with van der Waals surface area (Å²) in [5.41, 5.74) is 11.2. The van der Waals surface area contributed by atoms with Crippen LogP contribution < -0.4 is 16.5 Å². The lowest BCUT2D eigenvalue weighted by atomic mass is 10.1. The number of rotatable bonds is 4. The van der Waals surface area contributed by atoms with Gasteiger partial charge in [0.1, 0.15) is 0 Å². The van der Waals surface area contributed by atoms with Crippen LogP contribution in [0.15, 0.2) is 42.1 Å². The lowest BCUT2D eigenvalue weighted by molar-refractivity contribution is -0.359. The topological polar surface area (TPSA) is 96.0 Å². The number of pyridine rings is 1. The number of nitrogens with two attached hydrogens (primary N) is 2. The molecule has 0 atom stereocenters. The second-order valence-corrected chi connectivity index (χ2v) is 4.96. The molecule has 0 bridgehead atoms. The van der Waals surface area contributed by atoms with Gasteiger partial charge in [-0.2, -0.15) is 0 Å². The Labute approximate surface area is 135 Å². The summed E-state index contributed by atoms with van der Waals surface area (Å²) in [4.78, 5) is 19.0. The van der Waals surface area contributed by atoms with E-state index in [1.807, 2.05) is 0 Å². The molecule has 124 valence electrons. The monoisotopic (exact) mass is 335 g/mol. The van der Waals surface area contributed by atoms with Crippen molar-refractivity contribution in [2.24, 2.45) is 11.5 Å². The third kappa shape index (κ3) is 3.97. The zero-order chi connectivity index (χ0) is 17.9. The minimum atomic E-state index is -1.64. The Morgan fingerprint density at radius 3 is 2.38 bits per heavy atom. The Hall–Kier alpha value is -3.16. The Morgan fingerprint density at radius 2 is 1.79 bits per heavy atom. The number of halogens is 3. The van der Waals surface area contributed by atoms with Crippen LogP contribution in [-0.4, -0.2) is 16.6 Å². The number of amidine groups is 1. The molecule has 24 heavy (non-hydrogen) atoms. The van der Waals surface area contributed by atoms with Crippen LogP contribution in [-0.2, 0) is 0 Å². The summed E-state index contributed by atoms with van der Waals surface area (Å²) in [6.45, 7) is 1.64. The smallest absolute Gasteiger partial charge is 0.261 e. The standard InChI is InChI=1S/C16H13F3N4O/c1-8(20)5-13(21)23-14-4-2-3-12(22-14)16(24)9-6-10(17)15(19)11(18)7-9/h2-7H,20H2,1H3,(H2,21,22,23)/p+1/b8-5-. The summed E-state index contributed by atoms with van der Waals surface area (Å²) in [6.07, 6.45) is 1.46. The molecule has 1 aromatic heterocycles. The Kier molecular flexibility index (Phi) is 4.98. The molecule has 0 fully saturated rings. The Morgan fingerprint density at radius 1 is 1.17 bits per heavy atom. The van der Waals surface area contributed by atoms with Crippen LogP contribution in [0.1, 0.15) is 23.0 Å². The molecule has 0 unspecified atom stereocenters. The average molecular weight is 335 g/mol. The molecule has 5 nitrogen and oxygen atoms in total. The lowest BCUT2D eigenvalue weighted by Gasteiger charge is -2.01. The molecule has 0 saturated heterocycles. The van der Waals surface area contributed by atoms with E-state index in [1.54, 1.807) is 6.92 Å². The van der Waals surface area contributed by atoms with Crippen molar-refractivity contribution in [1.82, 2.24) is 4.98 Å². The zero-order valence-corrected chi connectivity index (χ0v) is 12.6. The largest absolute Gasteiger partial charge is 0.402 e. The summed E-state index contributed by atoms with van der Waals surface area (Å²) in [6, 6.07) is 5.63. The van der Waals surface area contributed by atoms with Crippen LogP contribution in [0.25, 0.3) is 0 Å². The van der Waals surface area contributed by atoms with Crippen molar-refractivity contribution < 1.29 is 23.0 Å². The van der Waals surface area contributed by atoms with Gasteiger partial charge < -0.3 is 11.5 Å². The van der Waals surface area contributed by atoms with Gasteiger partial charge >= 0.3 is 0 Å². The average Bonchev–Trinajstić information content (AvgIpc) is 2.50. The number of carbonyl (C=O) groups is 1. The van der Waals surface area contributed by atoms with Crippen LogP contribution in [0.3, 0.4) is 0 Å². The molecule has 0 aliphatic rings. The zero-order valence-electron chi connectivity index (χ0n) is 12.6. The number of ketones is 1. The highest BCUT2D eigenvalue weighted by Crippen LogP contribution is 2.16. The molecule has 1 heterocycles. The van der Waals surface area contributed by atoms with Crippen molar-refractivity contribution in [3.8, 4) is 0 Å². The first-order chi connectivity index (χ1) is 11.3. The molecule has 0 saturated carbocycles. The summed E-state index contributed by atoms with van der Waals surface area (Å²) in [5.74, 6) is -4.87. The fourth-order valence-electron chi connectivity index (χ4n) is 1.89. The van der Waals surface area contributed by atoms with Gasteiger partial charge in [0.25, 0.3) is 5.82 Å². The van der Waals surface area contributed by atoms with Crippen molar-refractivity contribution in [2.75, 3.05) is 0 Å². The molecule has 2 rings (SSSR count). The number of hydrogen-bond acceptors (Lipinski definition) is 3. The molecule has 0 aliphatic heterocycles. The van der Waals surface area contributed by atoms with E-state index in [4.69, 9.17) is 11.5 Å². The molecule has 0 aliphatic carbocycles. The predicted molar refractivity (Wildman–Crippen MR) is 81.7 cm³/mol. The number of hydrogen-bond donors (Lipinski definition) is 3. The fraction of sp³-hybridized carbons (Fsp3) is 0.0625. The van der Waals surface area contributed by atoms with E-state index < -0.39 is 23.2 Å². The second kappa shape index (κ2) is 6.95. The first-order valence-corrected chi connectivity index (χ1v) is 6.77. The van der Waals surface area contributed by atoms with E-state index in [-0.39, 0.29) is 22.9 Å². The summed E-state index contributed by atoms with van der Waals surface area (Å²) < 4.78 is 39.5. The third-order valence-electron chi connectivity index (χ3n) is 2.88. The van der Waals surface area contributed by atoms with Crippen LogP contribution in [0.4, 0.5) is 19.0 Å². The van der Waals surface area contributed by atoms with Crippen molar-refractivity contribution in [2.45, 2.75) is 6.92 Å². The van der Waals surface area contributed by atoms with Gasteiger partial charge in [-0.3, -0.25) is 4.79 Å². The van der Waals surface area contributed by atoms with Gasteiger partial charge in [0.05, 0.1) is 0 Å². The molecule has 5 N–H and O–H groups in total. The second-order valence-electron chi connectivity index (χ2n) is 4.96. The molecule has 0 amide bonds. The van der Waals surface area contributed by atoms with E-state index >= 15 is 0 Å². The highest BCUT2D eigenvalue weighted by Gasteiger charge is 2.19. The summed E-state index contributed by atoms with van der Waals surface area (Å²) >= 11 is 0. The number of benzene rings is 1. The van der Waals surface area contributed by atoms with E-state index in [0.717, 1.165) is 0 Å². The van der Waals surface area contributed by atoms with Gasteiger partial charge in [-0.25, -0.2) is 18.2 Å². The Balaban J connectivity index is 2.38. The molecule has 8 heteroatoms. The van der Waals surface area contributed by atoms with E-state index in [0.29, 0.717) is 17.8 Å². The number of nitrogens with one attached hydrogen (secondary N) is 1. The van der Waals surface area contributed by atoms with Gasteiger partial charge in [0, 0.05) is 23.4 Å². The molecule has 0 spiro atoms. The maximum absolute atomic E-state index is 13.3. The van der Waals surface area contributed by atoms with Crippen molar-refractivity contribution in [3.63, 3.8) is 0 Å². The SMILES string of the molecule is C/C(N)=C/C(N)=[NH+]c1cccc(C(=O)c2cc(F)c(F)c(F)c2)n1. The molecule has 0 radical (unpaired) electrons. The third-order valence-corrected chi connectivity index (χ3v) is 2.88. The number of aromatic nitrogens is 1. The fourth-order valence-corrected chi connectivity index (χ4v) is 1.89. The molecule has 1 aromatic carbocycles. The minimum absolute atomic E-state index is 0.0911. The highest BCUT2D eigenvalue weighted by atomic mass is 19.2. The van der Waals surface area contributed by atoms with Gasteiger partial charge in [-0.1, -0.05) is 11.1 Å². The number of nitrogens with zero attached hydrogens (tertiary/aromatic N) is 1. The maximum Gasteiger partial charge on any atom is 0.261 e. The van der Waals surface area contributed by atoms with Crippen LogP contribution >= 0.6 is 0 Å². The van der Waals surface area contributed by atoms with Gasteiger partial charge in [0.2, 0.25) is 11.6 Å². The lowest BCUT2D eigenvalue weighted by Crippen LogP contribution is -2.69. The van der Waals surface area contributed by atoms with Crippen molar-refractivity contribution >= 4 is 17.4 Å². The number of allylic oxidation sites excluding steroid dienone is 1.